The molecule has 2 N–H and O–H groups in total. The van der Waals surface area contributed by atoms with E-state index in [1.165, 1.54) is 12.1 Å². The van der Waals surface area contributed by atoms with Crippen LogP contribution in [0.2, 0.25) is 0 Å². The number of sulfonamides is 1. The number of nitrogens with two attached hydrogens (primary N) is 1. The zero-order valence-corrected chi connectivity index (χ0v) is 16.6. The lowest BCUT2D eigenvalue weighted by atomic mass is 10.1. The van der Waals surface area contributed by atoms with Crippen molar-refractivity contribution in [3.8, 4) is 16.9 Å². The van der Waals surface area contributed by atoms with Crippen LogP contribution >= 0.6 is 27.7 Å². The lowest BCUT2D eigenvalue weighted by molar-refractivity contribution is 0.598. The van der Waals surface area contributed by atoms with Crippen LogP contribution in [0.4, 0.5) is 0 Å². The third-order valence-corrected chi connectivity index (χ3v) is 5.86. The van der Waals surface area contributed by atoms with E-state index in [1.807, 2.05) is 24.3 Å². The molecule has 0 amide bonds. The number of halogens is 1. The Labute approximate surface area is 159 Å². The smallest absolute Gasteiger partial charge is 0.238 e. The Balaban J connectivity index is 2.12. The van der Waals surface area contributed by atoms with Crippen LogP contribution in [-0.2, 0) is 10.0 Å². The molecule has 0 saturated carbocycles. The van der Waals surface area contributed by atoms with Crippen LogP contribution in [0.5, 0.6) is 0 Å². The summed E-state index contributed by atoms with van der Waals surface area (Å²) < 4.78 is 25.9. The molecule has 2 aromatic carbocycles. The molecule has 0 atom stereocenters. The molecule has 0 unspecified atom stereocenters. The van der Waals surface area contributed by atoms with Gasteiger partial charge in [-0.3, -0.25) is 4.57 Å². The minimum atomic E-state index is -3.70. The predicted octanol–water partition coefficient (Wildman–Crippen LogP) is 4.06. The molecule has 5 nitrogen and oxygen atoms in total. The van der Waals surface area contributed by atoms with Gasteiger partial charge in [0, 0.05) is 15.7 Å². The molecule has 3 aromatic rings. The van der Waals surface area contributed by atoms with Crippen LogP contribution in [0.15, 0.2) is 69.3 Å². The standard InChI is InChI=1S/C17H16BrN3O2S2/c1-2-24-17-20-11-16(21(17)14-7-5-13(18)6-8-14)12-3-9-15(10-4-12)25(19,22)23/h3-11H,2H2,1H3,(H2,19,22,23). The fourth-order valence-corrected chi connectivity index (χ4v) is 3.92. The van der Waals surface area contributed by atoms with Crippen LogP contribution < -0.4 is 5.14 Å². The summed E-state index contributed by atoms with van der Waals surface area (Å²) in [5.41, 5.74) is 2.74. The summed E-state index contributed by atoms with van der Waals surface area (Å²) >= 11 is 5.10. The maximum Gasteiger partial charge on any atom is 0.238 e. The highest BCUT2D eigenvalue weighted by Crippen LogP contribution is 2.30. The van der Waals surface area contributed by atoms with E-state index in [1.54, 1.807) is 30.1 Å². The average molecular weight is 438 g/mol. The summed E-state index contributed by atoms with van der Waals surface area (Å²) in [5.74, 6) is 0.900. The van der Waals surface area contributed by atoms with Crippen molar-refractivity contribution in [2.24, 2.45) is 5.14 Å². The van der Waals surface area contributed by atoms with E-state index in [9.17, 15) is 8.42 Å². The number of thioether (sulfide) groups is 1. The number of primary sulfonamides is 1. The van der Waals surface area contributed by atoms with Crippen molar-refractivity contribution in [1.29, 1.82) is 0 Å². The van der Waals surface area contributed by atoms with Crippen molar-refractivity contribution in [2.75, 3.05) is 5.75 Å². The largest absolute Gasteiger partial charge is 0.287 e. The van der Waals surface area contributed by atoms with Crippen molar-refractivity contribution in [3.05, 3.63) is 59.2 Å². The van der Waals surface area contributed by atoms with Gasteiger partial charge in [-0.1, -0.05) is 46.7 Å². The Bertz CT molecular complexity index is 982. The van der Waals surface area contributed by atoms with Crippen molar-refractivity contribution in [1.82, 2.24) is 9.55 Å². The monoisotopic (exact) mass is 437 g/mol. The molecule has 0 saturated heterocycles. The lowest BCUT2D eigenvalue weighted by Crippen LogP contribution is -2.11. The first kappa shape index (κ1) is 18.2. The third kappa shape index (κ3) is 3.98. The van der Waals surface area contributed by atoms with E-state index < -0.39 is 10.0 Å². The molecule has 0 bridgehead atoms. The number of benzene rings is 2. The summed E-state index contributed by atoms with van der Waals surface area (Å²) in [6, 6.07) is 14.5. The molecule has 3 rings (SSSR count). The molecule has 0 aliphatic heterocycles. The Morgan fingerprint density at radius 1 is 1.12 bits per heavy atom. The second-order valence-electron chi connectivity index (χ2n) is 5.24. The molecule has 1 heterocycles. The highest BCUT2D eigenvalue weighted by molar-refractivity contribution is 9.10. The maximum absolute atomic E-state index is 11.4. The summed E-state index contributed by atoms with van der Waals surface area (Å²) in [7, 11) is -3.70. The number of aromatic nitrogens is 2. The molecular weight excluding hydrogens is 422 g/mol. The number of imidazole rings is 1. The van der Waals surface area contributed by atoms with Gasteiger partial charge in [0.25, 0.3) is 0 Å². The molecule has 130 valence electrons. The van der Waals surface area contributed by atoms with Gasteiger partial charge in [0.2, 0.25) is 10.0 Å². The van der Waals surface area contributed by atoms with Gasteiger partial charge >= 0.3 is 0 Å². The first-order chi connectivity index (χ1) is 11.9. The van der Waals surface area contributed by atoms with Crippen LogP contribution in [0.1, 0.15) is 6.92 Å². The van der Waals surface area contributed by atoms with Crippen LogP contribution in [0.3, 0.4) is 0 Å². The topological polar surface area (TPSA) is 78.0 Å². The molecule has 1 aromatic heterocycles. The zero-order valence-electron chi connectivity index (χ0n) is 13.4. The highest BCUT2D eigenvalue weighted by atomic mass is 79.9. The quantitative estimate of drug-likeness (QED) is 0.610. The molecule has 0 radical (unpaired) electrons. The van der Waals surface area contributed by atoms with E-state index >= 15 is 0 Å². The molecule has 0 aliphatic carbocycles. The number of nitrogens with zero attached hydrogens (tertiary/aromatic N) is 2. The van der Waals surface area contributed by atoms with Gasteiger partial charge in [0.15, 0.2) is 5.16 Å². The molecule has 0 fully saturated rings. The first-order valence-electron chi connectivity index (χ1n) is 7.50. The van der Waals surface area contributed by atoms with Gasteiger partial charge in [-0.05, 0) is 42.2 Å². The van der Waals surface area contributed by atoms with Crippen LogP contribution in [0, 0.1) is 0 Å². The second-order valence-corrected chi connectivity index (χ2v) is 8.95. The Morgan fingerprint density at radius 2 is 1.76 bits per heavy atom. The second kappa shape index (κ2) is 7.33. The Hall–Kier alpha value is -1.61. The first-order valence-corrected chi connectivity index (χ1v) is 10.8. The Kier molecular flexibility index (Phi) is 5.33. The van der Waals surface area contributed by atoms with Crippen molar-refractivity contribution < 1.29 is 8.42 Å². The Morgan fingerprint density at radius 3 is 2.32 bits per heavy atom. The van der Waals surface area contributed by atoms with E-state index in [0.717, 1.165) is 32.3 Å². The van der Waals surface area contributed by atoms with Gasteiger partial charge in [-0.25, -0.2) is 18.5 Å². The summed E-state index contributed by atoms with van der Waals surface area (Å²) in [5, 5.41) is 6.06. The van der Waals surface area contributed by atoms with Gasteiger partial charge in [0.1, 0.15) is 0 Å². The van der Waals surface area contributed by atoms with E-state index in [2.05, 4.69) is 32.4 Å². The third-order valence-electron chi connectivity index (χ3n) is 3.57. The molecular formula is C17H16BrN3O2S2. The average Bonchev–Trinajstić information content (AvgIpc) is 2.99. The van der Waals surface area contributed by atoms with Gasteiger partial charge < -0.3 is 0 Å². The summed E-state index contributed by atoms with van der Waals surface area (Å²) in [6.07, 6.45) is 1.80. The fourth-order valence-electron chi connectivity index (χ4n) is 2.42. The molecule has 0 aliphatic rings. The van der Waals surface area contributed by atoms with Crippen LogP contribution in [0.25, 0.3) is 16.9 Å². The predicted molar refractivity (Wildman–Crippen MR) is 104 cm³/mol. The summed E-state index contributed by atoms with van der Waals surface area (Å²) in [4.78, 5) is 4.62. The van der Waals surface area contributed by atoms with E-state index in [-0.39, 0.29) is 4.90 Å². The number of rotatable bonds is 5. The molecule has 8 heteroatoms. The normalized spacial score (nSPS) is 11.6. The zero-order chi connectivity index (χ0) is 18.0. The highest BCUT2D eigenvalue weighted by Gasteiger charge is 2.15. The fraction of sp³-hybridized carbons (Fsp3) is 0.118. The van der Waals surface area contributed by atoms with E-state index in [0.29, 0.717) is 0 Å². The van der Waals surface area contributed by atoms with Crippen LogP contribution in [-0.4, -0.2) is 23.7 Å². The minimum absolute atomic E-state index is 0.0918. The van der Waals surface area contributed by atoms with E-state index in [4.69, 9.17) is 5.14 Å². The molecule has 0 spiro atoms. The lowest BCUT2D eigenvalue weighted by Gasteiger charge is -2.12. The van der Waals surface area contributed by atoms with Crippen molar-refractivity contribution in [2.45, 2.75) is 17.0 Å². The number of hydrogen-bond donors (Lipinski definition) is 1. The van der Waals surface area contributed by atoms with Crippen molar-refractivity contribution >= 4 is 37.7 Å². The maximum atomic E-state index is 11.4. The van der Waals surface area contributed by atoms with Crippen molar-refractivity contribution in [3.63, 3.8) is 0 Å². The van der Waals surface area contributed by atoms with Gasteiger partial charge in [-0.2, -0.15) is 0 Å². The molecule has 25 heavy (non-hydrogen) atoms. The van der Waals surface area contributed by atoms with Gasteiger partial charge in [-0.15, -0.1) is 0 Å². The minimum Gasteiger partial charge on any atom is -0.287 e. The van der Waals surface area contributed by atoms with Gasteiger partial charge in [0.05, 0.1) is 16.8 Å². The summed E-state index contributed by atoms with van der Waals surface area (Å²) in [6.45, 7) is 2.08. The SMILES string of the molecule is CCSc1ncc(-c2ccc(S(N)(=O)=O)cc2)n1-c1ccc(Br)cc1. The number of hydrogen-bond acceptors (Lipinski definition) is 4.